The summed E-state index contributed by atoms with van der Waals surface area (Å²) in [6.45, 7) is 7.00. The minimum atomic E-state index is 0.132. The molecule has 1 aliphatic rings. The van der Waals surface area contributed by atoms with Gasteiger partial charge < -0.3 is 9.84 Å². The summed E-state index contributed by atoms with van der Waals surface area (Å²) < 4.78 is 5.26. The maximum atomic E-state index is 8.54. The lowest BCUT2D eigenvalue weighted by Gasteiger charge is -2.31. The quantitative estimate of drug-likeness (QED) is 0.671. The smallest absolute Gasteiger partial charge is 0.0698 e. The Labute approximate surface area is 90.8 Å². The fraction of sp³-hybridized carbons (Fsp3) is 1.00. The van der Waals surface area contributed by atoms with Crippen molar-refractivity contribution in [2.24, 2.45) is 0 Å². The SMILES string of the molecule is CC[C@@H]1CN(CCOCCO)CCS1. The molecule has 14 heavy (non-hydrogen) atoms. The summed E-state index contributed by atoms with van der Waals surface area (Å²) in [5.74, 6) is 1.25. The maximum Gasteiger partial charge on any atom is 0.0698 e. The van der Waals surface area contributed by atoms with Gasteiger partial charge in [0.2, 0.25) is 0 Å². The molecule has 1 N–H and O–H groups in total. The molecule has 1 saturated heterocycles. The molecule has 84 valence electrons. The number of hydrogen-bond donors (Lipinski definition) is 1. The van der Waals surface area contributed by atoms with Crippen LogP contribution in [0.2, 0.25) is 0 Å². The van der Waals surface area contributed by atoms with Crippen LogP contribution in [0.5, 0.6) is 0 Å². The molecule has 0 saturated carbocycles. The van der Waals surface area contributed by atoms with E-state index in [1.54, 1.807) is 0 Å². The highest BCUT2D eigenvalue weighted by molar-refractivity contribution is 8.00. The Morgan fingerprint density at radius 2 is 2.36 bits per heavy atom. The number of aliphatic hydroxyl groups excluding tert-OH is 1. The highest BCUT2D eigenvalue weighted by atomic mass is 32.2. The van der Waals surface area contributed by atoms with E-state index in [0.29, 0.717) is 6.61 Å². The molecule has 4 heteroatoms. The minimum absolute atomic E-state index is 0.132. The Bertz CT molecular complexity index is 146. The standard InChI is InChI=1S/C10H21NO2S/c1-2-10-9-11(4-8-14-10)3-6-13-7-5-12/h10,12H,2-9H2,1H3/t10-/m1/s1. The molecular weight excluding hydrogens is 198 g/mol. The Hall–Kier alpha value is 0.230. The van der Waals surface area contributed by atoms with Gasteiger partial charge in [0.25, 0.3) is 0 Å². The number of hydrogen-bond acceptors (Lipinski definition) is 4. The monoisotopic (exact) mass is 219 g/mol. The molecule has 0 bridgehead atoms. The van der Waals surface area contributed by atoms with Crippen molar-refractivity contribution in [3.63, 3.8) is 0 Å². The van der Waals surface area contributed by atoms with Crippen LogP contribution in [0.25, 0.3) is 0 Å². The Balaban J connectivity index is 2.05. The molecule has 0 aromatic heterocycles. The van der Waals surface area contributed by atoms with Crippen molar-refractivity contribution in [1.82, 2.24) is 4.90 Å². The van der Waals surface area contributed by atoms with Gasteiger partial charge in [-0.1, -0.05) is 6.92 Å². The fourth-order valence-electron chi connectivity index (χ4n) is 1.59. The molecule has 1 heterocycles. The van der Waals surface area contributed by atoms with E-state index in [2.05, 4.69) is 23.6 Å². The number of ether oxygens (including phenoxy) is 1. The molecule has 1 atom stereocenters. The van der Waals surface area contributed by atoms with Crippen molar-refractivity contribution < 1.29 is 9.84 Å². The van der Waals surface area contributed by atoms with Crippen LogP contribution < -0.4 is 0 Å². The van der Waals surface area contributed by atoms with Gasteiger partial charge in [-0.2, -0.15) is 11.8 Å². The molecule has 0 aromatic rings. The highest BCUT2D eigenvalue weighted by Gasteiger charge is 2.17. The van der Waals surface area contributed by atoms with E-state index in [1.807, 2.05) is 0 Å². The summed E-state index contributed by atoms with van der Waals surface area (Å²) in [6, 6.07) is 0. The molecule has 1 fully saturated rings. The van der Waals surface area contributed by atoms with Gasteiger partial charge in [0.15, 0.2) is 0 Å². The number of aliphatic hydroxyl groups is 1. The van der Waals surface area contributed by atoms with Gasteiger partial charge in [-0.15, -0.1) is 0 Å². The molecular formula is C10H21NO2S. The Morgan fingerprint density at radius 3 is 3.07 bits per heavy atom. The van der Waals surface area contributed by atoms with Crippen LogP contribution in [-0.4, -0.2) is 60.5 Å². The third-order valence-corrected chi connectivity index (χ3v) is 3.84. The topological polar surface area (TPSA) is 32.7 Å². The molecule has 0 spiro atoms. The Morgan fingerprint density at radius 1 is 1.50 bits per heavy atom. The van der Waals surface area contributed by atoms with E-state index in [0.717, 1.165) is 18.4 Å². The van der Waals surface area contributed by atoms with E-state index < -0.39 is 0 Å². The molecule has 0 amide bonds. The van der Waals surface area contributed by atoms with Crippen LogP contribution in [0, 0.1) is 0 Å². The van der Waals surface area contributed by atoms with Crippen molar-refractivity contribution in [1.29, 1.82) is 0 Å². The van der Waals surface area contributed by atoms with E-state index in [-0.39, 0.29) is 6.61 Å². The molecule has 0 aliphatic carbocycles. The first-order chi connectivity index (χ1) is 6.86. The summed E-state index contributed by atoms with van der Waals surface area (Å²) in [4.78, 5) is 2.46. The van der Waals surface area contributed by atoms with Gasteiger partial charge in [0.1, 0.15) is 0 Å². The molecule has 1 aliphatic heterocycles. The predicted octanol–water partition coefficient (Wildman–Crippen LogP) is 0.823. The van der Waals surface area contributed by atoms with Crippen LogP contribution in [0.15, 0.2) is 0 Å². The van der Waals surface area contributed by atoms with Crippen molar-refractivity contribution in [2.45, 2.75) is 18.6 Å². The lowest BCUT2D eigenvalue weighted by molar-refractivity contribution is 0.0742. The van der Waals surface area contributed by atoms with Gasteiger partial charge in [-0.25, -0.2) is 0 Å². The normalized spacial score (nSPS) is 24.0. The van der Waals surface area contributed by atoms with Gasteiger partial charge >= 0.3 is 0 Å². The van der Waals surface area contributed by atoms with Gasteiger partial charge in [0, 0.05) is 30.6 Å². The summed E-state index contributed by atoms with van der Waals surface area (Å²) >= 11 is 2.09. The second-order valence-electron chi connectivity index (χ2n) is 3.54. The summed E-state index contributed by atoms with van der Waals surface area (Å²) in [5, 5.41) is 9.35. The molecule has 3 nitrogen and oxygen atoms in total. The lowest BCUT2D eigenvalue weighted by Crippen LogP contribution is -2.39. The van der Waals surface area contributed by atoms with E-state index in [9.17, 15) is 0 Å². The summed E-state index contributed by atoms with van der Waals surface area (Å²) in [7, 11) is 0. The molecule has 0 aromatic carbocycles. The van der Waals surface area contributed by atoms with Crippen LogP contribution in [0.4, 0.5) is 0 Å². The molecule has 0 radical (unpaired) electrons. The summed E-state index contributed by atoms with van der Waals surface area (Å²) in [5.41, 5.74) is 0. The van der Waals surface area contributed by atoms with Crippen LogP contribution >= 0.6 is 11.8 Å². The Kier molecular flexibility index (Phi) is 6.60. The fourth-order valence-corrected chi connectivity index (χ4v) is 2.84. The lowest BCUT2D eigenvalue weighted by atomic mass is 10.3. The third kappa shape index (κ3) is 4.64. The largest absolute Gasteiger partial charge is 0.394 e. The van der Waals surface area contributed by atoms with Crippen molar-refractivity contribution in [3.8, 4) is 0 Å². The maximum absolute atomic E-state index is 8.54. The predicted molar refractivity (Wildman–Crippen MR) is 60.9 cm³/mol. The number of rotatable bonds is 6. The second kappa shape index (κ2) is 7.51. The first kappa shape index (κ1) is 12.3. The number of thioether (sulfide) groups is 1. The van der Waals surface area contributed by atoms with Gasteiger partial charge in [-0.3, -0.25) is 4.90 Å². The van der Waals surface area contributed by atoms with Gasteiger partial charge in [0.05, 0.1) is 19.8 Å². The van der Waals surface area contributed by atoms with Crippen molar-refractivity contribution in [3.05, 3.63) is 0 Å². The first-order valence-electron chi connectivity index (χ1n) is 5.39. The minimum Gasteiger partial charge on any atom is -0.394 e. The van der Waals surface area contributed by atoms with Crippen LogP contribution in [0.1, 0.15) is 13.3 Å². The molecule has 0 unspecified atom stereocenters. The van der Waals surface area contributed by atoms with Crippen LogP contribution in [-0.2, 0) is 4.74 Å². The van der Waals surface area contributed by atoms with E-state index >= 15 is 0 Å². The summed E-state index contributed by atoms with van der Waals surface area (Å²) in [6.07, 6.45) is 1.26. The highest BCUT2D eigenvalue weighted by Crippen LogP contribution is 2.20. The van der Waals surface area contributed by atoms with Crippen LogP contribution in [0.3, 0.4) is 0 Å². The second-order valence-corrected chi connectivity index (χ2v) is 4.95. The zero-order chi connectivity index (χ0) is 10.2. The average Bonchev–Trinajstić information content (AvgIpc) is 2.25. The zero-order valence-corrected chi connectivity index (χ0v) is 9.76. The van der Waals surface area contributed by atoms with E-state index in [1.165, 1.54) is 25.3 Å². The average molecular weight is 219 g/mol. The number of nitrogens with zero attached hydrogens (tertiary/aromatic N) is 1. The molecule has 1 rings (SSSR count). The third-order valence-electron chi connectivity index (χ3n) is 2.47. The zero-order valence-electron chi connectivity index (χ0n) is 8.95. The van der Waals surface area contributed by atoms with Gasteiger partial charge in [-0.05, 0) is 6.42 Å². The van der Waals surface area contributed by atoms with Crippen molar-refractivity contribution >= 4 is 11.8 Å². The van der Waals surface area contributed by atoms with E-state index in [4.69, 9.17) is 9.84 Å². The first-order valence-corrected chi connectivity index (χ1v) is 6.44. The van der Waals surface area contributed by atoms with Crippen molar-refractivity contribution in [2.75, 3.05) is 45.2 Å².